The fraction of sp³-hybridized carbons (Fsp3) is 0.273. The summed E-state index contributed by atoms with van der Waals surface area (Å²) in [5, 5.41) is 21.5. The Hall–Kier alpha value is -3.17. The third-order valence-electron chi connectivity index (χ3n) is 6.35. The second kappa shape index (κ2) is 6.66. The van der Waals surface area contributed by atoms with Crippen molar-refractivity contribution in [3.05, 3.63) is 58.7 Å². The third kappa shape index (κ3) is 2.95. The van der Waals surface area contributed by atoms with Crippen molar-refractivity contribution in [3.8, 4) is 11.5 Å². The van der Waals surface area contributed by atoms with Crippen LogP contribution in [0.4, 0.5) is 0 Å². The number of carbonyl (C=O) groups is 1. The number of fused-ring (bicyclic) bond motifs is 2. The van der Waals surface area contributed by atoms with Crippen LogP contribution in [0.3, 0.4) is 0 Å². The van der Waals surface area contributed by atoms with Gasteiger partial charge in [0.25, 0.3) is 16.0 Å². The zero-order valence-corrected chi connectivity index (χ0v) is 17.4. The fourth-order valence-electron chi connectivity index (χ4n) is 4.93. The van der Waals surface area contributed by atoms with Crippen molar-refractivity contribution < 1.29 is 28.0 Å². The molecule has 9 heteroatoms. The van der Waals surface area contributed by atoms with Crippen LogP contribution in [-0.2, 0) is 14.9 Å². The van der Waals surface area contributed by atoms with Gasteiger partial charge in [-0.1, -0.05) is 19.1 Å². The molecule has 2 aromatic carbocycles. The number of rotatable bonds is 3. The molecule has 160 valence electrons. The molecule has 1 aliphatic heterocycles. The van der Waals surface area contributed by atoms with Gasteiger partial charge in [0, 0.05) is 16.6 Å². The van der Waals surface area contributed by atoms with Crippen LogP contribution < -0.4 is 10.6 Å². The van der Waals surface area contributed by atoms with Crippen molar-refractivity contribution in [2.45, 2.75) is 31.1 Å². The second-order valence-electron chi connectivity index (χ2n) is 8.23. The molecule has 3 aromatic rings. The molecule has 1 aromatic heterocycles. The average Bonchev–Trinajstić information content (AvgIpc) is 3.33. The van der Waals surface area contributed by atoms with Crippen molar-refractivity contribution in [1.82, 2.24) is 4.57 Å². The molecule has 5 rings (SSSR count). The first-order valence-electron chi connectivity index (χ1n) is 9.91. The maximum absolute atomic E-state index is 12.9. The van der Waals surface area contributed by atoms with Gasteiger partial charge in [0.05, 0.1) is 27.4 Å². The molecule has 1 aliphatic carbocycles. The van der Waals surface area contributed by atoms with E-state index >= 15 is 0 Å². The molecule has 2 heterocycles. The number of phenols is 1. The minimum absolute atomic E-state index is 0.0380. The number of phenolic OH excluding ortho intramolecular Hbond substituents is 1. The van der Waals surface area contributed by atoms with E-state index in [1.807, 2.05) is 6.92 Å². The maximum Gasteiger partial charge on any atom is 0.280 e. The van der Waals surface area contributed by atoms with Crippen molar-refractivity contribution in [3.63, 3.8) is 0 Å². The highest BCUT2D eigenvalue weighted by molar-refractivity contribution is 7.86. The van der Waals surface area contributed by atoms with Crippen molar-refractivity contribution in [1.29, 1.82) is 0 Å². The molecular weight excluding hydrogens is 420 g/mol. The average molecular weight is 440 g/mol. The first kappa shape index (κ1) is 19.8. The Morgan fingerprint density at radius 2 is 1.84 bits per heavy atom. The lowest BCUT2D eigenvalue weighted by atomic mass is 10.0. The predicted octanol–water partition coefficient (Wildman–Crippen LogP) is 1.64. The number of carbonyl (C=O) groups excluding carboxylic acids is 1. The Labute approximate surface area is 177 Å². The van der Waals surface area contributed by atoms with Gasteiger partial charge in [-0.15, -0.1) is 0 Å². The van der Waals surface area contributed by atoms with Crippen LogP contribution in [0.15, 0.2) is 47.5 Å². The Balaban J connectivity index is 1.84. The largest absolute Gasteiger partial charge is 0.508 e. The van der Waals surface area contributed by atoms with Gasteiger partial charge >= 0.3 is 0 Å². The van der Waals surface area contributed by atoms with Gasteiger partial charge in [-0.2, -0.15) is 8.42 Å². The topological polar surface area (TPSA) is 129 Å². The van der Waals surface area contributed by atoms with Crippen molar-refractivity contribution in [2.75, 3.05) is 0 Å². The number of para-hydroxylation sites is 1. The molecule has 0 spiro atoms. The molecule has 0 bridgehead atoms. The minimum atomic E-state index is -4.22. The van der Waals surface area contributed by atoms with E-state index in [1.54, 1.807) is 28.8 Å². The molecule has 1 amide bonds. The van der Waals surface area contributed by atoms with E-state index < -0.39 is 21.3 Å². The number of hydrogen-bond acceptors (Lipinski definition) is 5. The van der Waals surface area contributed by atoms with Gasteiger partial charge in [-0.25, -0.2) is 4.99 Å². The summed E-state index contributed by atoms with van der Waals surface area (Å²) in [4.78, 5) is 17.0. The van der Waals surface area contributed by atoms with Gasteiger partial charge in [0.2, 0.25) is 0 Å². The molecule has 1 saturated carbocycles. The molecule has 0 saturated heterocycles. The van der Waals surface area contributed by atoms with Crippen LogP contribution in [0.25, 0.3) is 16.5 Å². The summed E-state index contributed by atoms with van der Waals surface area (Å²) in [7, 11) is -4.22. The van der Waals surface area contributed by atoms with Crippen LogP contribution in [0.5, 0.6) is 11.5 Å². The monoisotopic (exact) mass is 440 g/mol. The van der Waals surface area contributed by atoms with E-state index in [0.29, 0.717) is 21.5 Å². The van der Waals surface area contributed by atoms with Crippen LogP contribution >= 0.6 is 0 Å². The van der Waals surface area contributed by atoms with Crippen LogP contribution in [-0.4, -0.2) is 38.9 Å². The lowest BCUT2D eigenvalue weighted by Gasteiger charge is -2.22. The van der Waals surface area contributed by atoms with Gasteiger partial charge in [0.1, 0.15) is 11.5 Å². The molecule has 3 atom stereocenters. The maximum atomic E-state index is 12.9. The minimum Gasteiger partial charge on any atom is -0.508 e. The normalized spacial score (nSPS) is 23.4. The summed E-state index contributed by atoms with van der Waals surface area (Å²) in [6, 6.07) is 11.1. The number of amides is 1. The summed E-state index contributed by atoms with van der Waals surface area (Å²) in [5.41, 5.74) is 1.05. The number of aromatic hydroxyl groups is 2. The third-order valence-corrected chi connectivity index (χ3v) is 7.58. The highest BCUT2D eigenvalue weighted by Crippen LogP contribution is 2.46. The zero-order valence-electron chi connectivity index (χ0n) is 16.6. The van der Waals surface area contributed by atoms with Crippen molar-refractivity contribution in [2.24, 2.45) is 10.9 Å². The molecule has 3 N–H and O–H groups in total. The van der Waals surface area contributed by atoms with E-state index in [9.17, 15) is 28.0 Å². The summed E-state index contributed by atoms with van der Waals surface area (Å²) in [6.07, 6.45) is 0.415. The Morgan fingerprint density at radius 3 is 2.55 bits per heavy atom. The van der Waals surface area contributed by atoms with Gasteiger partial charge in [-0.05, 0) is 49.1 Å². The first-order chi connectivity index (χ1) is 14.7. The summed E-state index contributed by atoms with van der Waals surface area (Å²) in [5.74, 6) is -0.827. The lowest BCUT2D eigenvalue weighted by molar-refractivity contribution is -0.112. The van der Waals surface area contributed by atoms with E-state index in [1.165, 1.54) is 18.2 Å². The molecule has 1 fully saturated rings. The Morgan fingerprint density at radius 1 is 1.10 bits per heavy atom. The molecule has 31 heavy (non-hydrogen) atoms. The molecule has 0 radical (unpaired) electrons. The van der Waals surface area contributed by atoms with E-state index in [4.69, 9.17) is 0 Å². The quantitative estimate of drug-likeness (QED) is 0.531. The highest BCUT2D eigenvalue weighted by Gasteiger charge is 2.41. The Kier molecular flexibility index (Phi) is 4.25. The molecular formula is C22H20N2O6S. The smallest absolute Gasteiger partial charge is 0.280 e. The van der Waals surface area contributed by atoms with E-state index in [2.05, 4.69) is 4.99 Å². The molecule has 3 unspecified atom stereocenters. The number of nitrogens with zero attached hydrogens (tertiary/aromatic N) is 2. The summed E-state index contributed by atoms with van der Waals surface area (Å²) in [6.45, 7) is 1.89. The lowest BCUT2D eigenvalue weighted by Crippen LogP contribution is -2.24. The van der Waals surface area contributed by atoms with Gasteiger partial charge < -0.3 is 14.8 Å². The number of benzene rings is 2. The van der Waals surface area contributed by atoms with E-state index in [-0.39, 0.29) is 47.6 Å². The van der Waals surface area contributed by atoms with Gasteiger partial charge in [0.15, 0.2) is 0 Å². The zero-order chi connectivity index (χ0) is 22.1. The first-order valence-corrected chi connectivity index (χ1v) is 11.4. The van der Waals surface area contributed by atoms with Crippen LogP contribution in [0.2, 0.25) is 0 Å². The molecule has 2 aliphatic rings. The van der Waals surface area contributed by atoms with Gasteiger partial charge in [-0.3, -0.25) is 9.35 Å². The van der Waals surface area contributed by atoms with E-state index in [0.717, 1.165) is 0 Å². The predicted molar refractivity (Wildman–Crippen MR) is 113 cm³/mol. The second-order valence-corrected chi connectivity index (χ2v) is 9.93. The Bertz CT molecular complexity index is 1490. The SMILES string of the molecule is CC1CC(S(=O)(=O)O)CC1n1c(C2=c3cc(O)ccc3=NC2=O)c(O)c2ccccc21. The standard InChI is InChI=1S/C22H20N2O6S/c1-11-8-13(31(28,29)30)10-18(11)24-17-5-3-2-4-14(17)21(26)20(24)19-15-9-12(25)6-7-16(15)23-22(19)27/h2-7,9,11,13,18,25-26H,8,10H2,1H3,(H,28,29,30). The summed E-state index contributed by atoms with van der Waals surface area (Å²) >= 11 is 0. The number of aromatic nitrogens is 1. The fourth-order valence-corrected chi connectivity index (χ4v) is 5.92. The van der Waals surface area contributed by atoms with Crippen molar-refractivity contribution >= 4 is 32.5 Å². The molecule has 8 nitrogen and oxygen atoms in total. The van der Waals surface area contributed by atoms with Crippen LogP contribution in [0.1, 0.15) is 31.5 Å². The van der Waals surface area contributed by atoms with Crippen LogP contribution in [0, 0.1) is 5.92 Å². The highest BCUT2D eigenvalue weighted by atomic mass is 32.2. The summed E-state index contributed by atoms with van der Waals surface area (Å²) < 4.78 is 35.0. The number of hydrogen-bond donors (Lipinski definition) is 3.